The third-order valence-electron chi connectivity index (χ3n) is 4.25. The molecule has 0 spiro atoms. The van der Waals surface area contributed by atoms with Crippen LogP contribution in [0.25, 0.3) is 0 Å². The number of esters is 1. The number of anilines is 1. The van der Waals surface area contributed by atoms with Crippen molar-refractivity contribution in [2.24, 2.45) is 0 Å². The first-order valence-corrected chi connectivity index (χ1v) is 9.38. The number of aromatic nitrogens is 1. The van der Waals surface area contributed by atoms with Crippen molar-refractivity contribution in [3.8, 4) is 0 Å². The molecule has 0 unspecified atom stereocenters. The van der Waals surface area contributed by atoms with Gasteiger partial charge in [0.05, 0.1) is 17.2 Å². The van der Waals surface area contributed by atoms with E-state index in [2.05, 4.69) is 4.98 Å². The summed E-state index contributed by atoms with van der Waals surface area (Å²) in [7, 11) is 0. The molecule has 1 saturated carbocycles. The number of thiazole rings is 1. The number of nitrogens with zero attached hydrogens (tertiary/aromatic N) is 3. The van der Waals surface area contributed by atoms with Gasteiger partial charge in [0.1, 0.15) is 4.88 Å². The Balaban J connectivity index is 1.99. The van der Waals surface area contributed by atoms with E-state index < -0.39 is 10.9 Å². The van der Waals surface area contributed by atoms with Crippen molar-refractivity contribution >= 4 is 34.0 Å². The van der Waals surface area contributed by atoms with Gasteiger partial charge in [-0.1, -0.05) is 17.4 Å². The standard InChI is InChI=1S/C18H19N3O5S/c1-4-26-17(23)15-11(3)19-18(27-15)20(12-7-8-12)16(22)14-9-13(21(24)25)6-5-10(14)2/h5-6,9,12H,4,7-8H2,1-3H3. The van der Waals surface area contributed by atoms with Gasteiger partial charge in [-0.3, -0.25) is 19.8 Å². The van der Waals surface area contributed by atoms with E-state index in [9.17, 15) is 19.7 Å². The van der Waals surface area contributed by atoms with Gasteiger partial charge in [0.25, 0.3) is 11.6 Å². The minimum atomic E-state index is -0.524. The Labute approximate surface area is 159 Å². The number of nitro groups is 1. The first-order valence-electron chi connectivity index (χ1n) is 8.56. The maximum absolute atomic E-state index is 13.2. The zero-order valence-corrected chi connectivity index (χ0v) is 16.0. The van der Waals surface area contributed by atoms with E-state index in [0.29, 0.717) is 21.3 Å². The van der Waals surface area contributed by atoms with Gasteiger partial charge in [-0.15, -0.1) is 0 Å². The van der Waals surface area contributed by atoms with E-state index in [1.807, 2.05) is 0 Å². The molecule has 1 fully saturated rings. The van der Waals surface area contributed by atoms with Crippen LogP contribution in [0.1, 0.15) is 51.1 Å². The van der Waals surface area contributed by atoms with Crippen LogP contribution in [-0.4, -0.2) is 34.4 Å². The van der Waals surface area contributed by atoms with Crippen molar-refractivity contribution in [2.45, 2.75) is 39.7 Å². The molecule has 3 rings (SSSR count). The van der Waals surface area contributed by atoms with Crippen molar-refractivity contribution in [1.29, 1.82) is 0 Å². The van der Waals surface area contributed by atoms with Crippen LogP contribution >= 0.6 is 11.3 Å². The topological polar surface area (TPSA) is 103 Å². The highest BCUT2D eigenvalue weighted by molar-refractivity contribution is 7.17. The maximum Gasteiger partial charge on any atom is 0.350 e. The van der Waals surface area contributed by atoms with Gasteiger partial charge in [-0.2, -0.15) is 0 Å². The Morgan fingerprint density at radius 2 is 2.07 bits per heavy atom. The molecule has 8 nitrogen and oxygen atoms in total. The Hall–Kier alpha value is -2.81. The van der Waals surface area contributed by atoms with E-state index in [-0.39, 0.29) is 29.8 Å². The average Bonchev–Trinajstić information content (AvgIpc) is 3.37. The molecule has 1 aliphatic carbocycles. The number of rotatable bonds is 6. The third-order valence-corrected chi connectivity index (χ3v) is 5.38. The Morgan fingerprint density at radius 3 is 2.67 bits per heavy atom. The molecule has 0 radical (unpaired) electrons. The SMILES string of the molecule is CCOC(=O)c1sc(N(C(=O)c2cc([N+](=O)[O-])ccc2C)C2CC2)nc1C. The van der Waals surface area contributed by atoms with Crippen molar-refractivity contribution in [3.05, 3.63) is 50.0 Å². The number of carbonyl (C=O) groups is 2. The van der Waals surface area contributed by atoms with Gasteiger partial charge in [0.15, 0.2) is 5.13 Å². The lowest BCUT2D eigenvalue weighted by atomic mass is 10.1. The number of nitro benzene ring substituents is 1. The summed E-state index contributed by atoms with van der Waals surface area (Å²) >= 11 is 1.11. The van der Waals surface area contributed by atoms with Crippen molar-refractivity contribution < 1.29 is 19.2 Å². The fourth-order valence-electron chi connectivity index (χ4n) is 2.70. The highest BCUT2D eigenvalue weighted by atomic mass is 32.1. The molecule has 142 valence electrons. The summed E-state index contributed by atoms with van der Waals surface area (Å²) in [6, 6.07) is 4.21. The lowest BCUT2D eigenvalue weighted by molar-refractivity contribution is -0.384. The smallest absolute Gasteiger partial charge is 0.350 e. The summed E-state index contributed by atoms with van der Waals surface area (Å²) in [6.45, 7) is 5.41. The molecule has 1 aromatic heterocycles. The van der Waals surface area contributed by atoms with Gasteiger partial charge in [0.2, 0.25) is 0 Å². The van der Waals surface area contributed by atoms with Crippen LogP contribution in [0, 0.1) is 24.0 Å². The monoisotopic (exact) mass is 389 g/mol. The molecular weight excluding hydrogens is 370 g/mol. The number of hydrogen-bond donors (Lipinski definition) is 0. The highest BCUT2D eigenvalue weighted by Gasteiger charge is 2.37. The van der Waals surface area contributed by atoms with Crippen LogP contribution in [0.3, 0.4) is 0 Å². The molecule has 9 heteroatoms. The fourth-order valence-corrected chi connectivity index (χ4v) is 3.73. The summed E-state index contributed by atoms with van der Waals surface area (Å²) in [5, 5.41) is 11.5. The molecule has 1 aliphatic rings. The molecule has 0 bridgehead atoms. The predicted molar refractivity (Wildman–Crippen MR) is 100 cm³/mol. The molecule has 27 heavy (non-hydrogen) atoms. The Kier molecular flexibility index (Phi) is 5.22. The Morgan fingerprint density at radius 1 is 1.37 bits per heavy atom. The summed E-state index contributed by atoms with van der Waals surface area (Å²) in [5.74, 6) is -0.809. The second-order valence-corrected chi connectivity index (χ2v) is 7.27. The van der Waals surface area contributed by atoms with E-state index in [0.717, 1.165) is 24.2 Å². The molecular formula is C18H19N3O5S. The number of non-ortho nitro benzene ring substituents is 1. The van der Waals surface area contributed by atoms with Crippen LogP contribution in [0.4, 0.5) is 10.8 Å². The first kappa shape index (κ1) is 19.0. The number of ether oxygens (including phenoxy) is 1. The number of benzene rings is 1. The zero-order chi connectivity index (χ0) is 19.7. The summed E-state index contributed by atoms with van der Waals surface area (Å²) in [5.41, 5.74) is 1.28. The van der Waals surface area contributed by atoms with Crippen LogP contribution in [0.5, 0.6) is 0 Å². The van der Waals surface area contributed by atoms with Crippen molar-refractivity contribution in [2.75, 3.05) is 11.5 Å². The lowest BCUT2D eigenvalue weighted by Crippen LogP contribution is -2.33. The second kappa shape index (κ2) is 7.43. The molecule has 1 aromatic carbocycles. The van der Waals surface area contributed by atoms with E-state index in [4.69, 9.17) is 4.74 Å². The van der Waals surface area contributed by atoms with Gasteiger partial charge in [-0.25, -0.2) is 9.78 Å². The molecule has 0 atom stereocenters. The molecule has 2 aromatic rings. The van der Waals surface area contributed by atoms with Gasteiger partial charge in [0, 0.05) is 23.7 Å². The van der Waals surface area contributed by atoms with Crippen molar-refractivity contribution in [3.63, 3.8) is 0 Å². The van der Waals surface area contributed by atoms with Gasteiger partial charge in [-0.05, 0) is 39.2 Å². The minimum absolute atomic E-state index is 0.0169. The first-order chi connectivity index (χ1) is 12.8. The van der Waals surface area contributed by atoms with E-state index >= 15 is 0 Å². The summed E-state index contributed by atoms with van der Waals surface area (Å²) in [4.78, 5) is 42.1. The minimum Gasteiger partial charge on any atom is -0.462 e. The number of carbonyl (C=O) groups excluding carboxylic acids is 2. The van der Waals surface area contributed by atoms with Crippen molar-refractivity contribution in [1.82, 2.24) is 4.98 Å². The molecule has 1 amide bonds. The molecule has 0 N–H and O–H groups in total. The van der Waals surface area contributed by atoms with Crippen LogP contribution in [-0.2, 0) is 4.74 Å². The van der Waals surface area contributed by atoms with Crippen LogP contribution in [0.2, 0.25) is 0 Å². The highest BCUT2D eigenvalue weighted by Crippen LogP contribution is 2.37. The van der Waals surface area contributed by atoms with E-state index in [1.54, 1.807) is 31.7 Å². The normalized spacial score (nSPS) is 13.3. The van der Waals surface area contributed by atoms with Gasteiger partial charge < -0.3 is 4.74 Å². The third kappa shape index (κ3) is 3.82. The second-order valence-electron chi connectivity index (χ2n) is 6.29. The molecule has 0 aliphatic heterocycles. The van der Waals surface area contributed by atoms with Gasteiger partial charge >= 0.3 is 5.97 Å². The molecule has 0 saturated heterocycles. The largest absolute Gasteiger partial charge is 0.462 e. The fraction of sp³-hybridized carbons (Fsp3) is 0.389. The van der Waals surface area contributed by atoms with Crippen LogP contribution < -0.4 is 4.90 Å². The summed E-state index contributed by atoms with van der Waals surface area (Å²) in [6.07, 6.45) is 1.65. The van der Waals surface area contributed by atoms with E-state index in [1.165, 1.54) is 12.1 Å². The number of hydrogen-bond acceptors (Lipinski definition) is 7. The zero-order valence-electron chi connectivity index (χ0n) is 15.2. The predicted octanol–water partition coefficient (Wildman–Crippen LogP) is 3.65. The average molecular weight is 389 g/mol. The molecule has 1 heterocycles. The number of aryl methyl sites for hydroxylation is 2. The van der Waals surface area contributed by atoms with Crippen LogP contribution in [0.15, 0.2) is 18.2 Å². The quantitative estimate of drug-likeness (QED) is 0.424. The maximum atomic E-state index is 13.2. The Bertz CT molecular complexity index is 920. The lowest BCUT2D eigenvalue weighted by Gasteiger charge is -2.20. The number of amides is 1. The summed E-state index contributed by atoms with van der Waals surface area (Å²) < 4.78 is 5.04.